The van der Waals surface area contributed by atoms with Crippen LogP contribution in [-0.4, -0.2) is 30.5 Å². The molecule has 0 saturated heterocycles. The Balaban J connectivity index is 1.61. The zero-order chi connectivity index (χ0) is 23.7. The molecule has 0 heterocycles. The summed E-state index contributed by atoms with van der Waals surface area (Å²) < 4.78 is 5.32. The smallest absolute Gasteiger partial charge is 0.343 e. The molecule has 7 nitrogen and oxygen atoms in total. The predicted octanol–water partition coefficient (Wildman–Crippen LogP) is 4.61. The standard InChI is InChI=1S/C26H33N3O4/c1-2-3-4-5-6-7-11-14-24(30)27-20-25(31)29-28-19-21-15-17-23(18-16-21)33-26(32)22-12-9-8-10-13-22/h8-10,12-13,15-19H,2-7,11,14,20H2,1H3,(H,27,30)(H,29,31)/b28-19+. The number of hydrazone groups is 1. The fourth-order valence-corrected chi connectivity index (χ4v) is 3.09. The maximum atomic E-state index is 12.1. The van der Waals surface area contributed by atoms with Crippen LogP contribution >= 0.6 is 0 Å². The number of carbonyl (C=O) groups is 3. The number of esters is 1. The number of rotatable bonds is 14. The van der Waals surface area contributed by atoms with Crippen molar-refractivity contribution in [2.24, 2.45) is 5.10 Å². The topological polar surface area (TPSA) is 96.9 Å². The van der Waals surface area contributed by atoms with Crippen molar-refractivity contribution in [2.75, 3.05) is 6.54 Å². The van der Waals surface area contributed by atoms with E-state index in [1.807, 2.05) is 6.07 Å². The fourth-order valence-electron chi connectivity index (χ4n) is 3.09. The van der Waals surface area contributed by atoms with Crippen molar-refractivity contribution in [3.63, 3.8) is 0 Å². The predicted molar refractivity (Wildman–Crippen MR) is 129 cm³/mol. The highest BCUT2D eigenvalue weighted by Crippen LogP contribution is 2.13. The van der Waals surface area contributed by atoms with Crippen molar-refractivity contribution >= 4 is 24.0 Å². The molecule has 0 aromatic heterocycles. The zero-order valence-corrected chi connectivity index (χ0v) is 19.2. The molecular formula is C26H33N3O4. The Bertz CT molecular complexity index is 896. The number of nitrogens with zero attached hydrogens (tertiary/aromatic N) is 1. The van der Waals surface area contributed by atoms with Gasteiger partial charge in [0, 0.05) is 6.42 Å². The molecule has 0 spiro atoms. The van der Waals surface area contributed by atoms with E-state index in [1.165, 1.54) is 31.9 Å². The van der Waals surface area contributed by atoms with Crippen LogP contribution in [0, 0.1) is 0 Å². The Morgan fingerprint density at radius 3 is 2.21 bits per heavy atom. The second-order valence-electron chi connectivity index (χ2n) is 7.77. The monoisotopic (exact) mass is 451 g/mol. The number of hydrogen-bond donors (Lipinski definition) is 2. The molecule has 176 valence electrons. The highest BCUT2D eigenvalue weighted by atomic mass is 16.5. The first-order valence-electron chi connectivity index (χ1n) is 11.5. The van der Waals surface area contributed by atoms with Gasteiger partial charge in [-0.05, 0) is 48.4 Å². The lowest BCUT2D eigenvalue weighted by molar-refractivity contribution is -0.126. The molecule has 0 saturated carbocycles. The van der Waals surface area contributed by atoms with E-state index in [0.717, 1.165) is 24.8 Å². The van der Waals surface area contributed by atoms with Crippen molar-refractivity contribution in [2.45, 2.75) is 58.3 Å². The lowest BCUT2D eigenvalue weighted by atomic mass is 10.1. The zero-order valence-electron chi connectivity index (χ0n) is 19.2. The molecule has 0 aliphatic heterocycles. The normalized spacial score (nSPS) is 10.7. The fraction of sp³-hybridized carbons (Fsp3) is 0.385. The van der Waals surface area contributed by atoms with Gasteiger partial charge in [-0.3, -0.25) is 9.59 Å². The van der Waals surface area contributed by atoms with Gasteiger partial charge in [-0.1, -0.05) is 63.6 Å². The summed E-state index contributed by atoms with van der Waals surface area (Å²) in [7, 11) is 0. The van der Waals surface area contributed by atoms with E-state index in [-0.39, 0.29) is 12.5 Å². The van der Waals surface area contributed by atoms with Crippen LogP contribution in [0.1, 0.15) is 74.2 Å². The second-order valence-corrected chi connectivity index (χ2v) is 7.77. The molecule has 2 aromatic carbocycles. The molecule has 2 amide bonds. The van der Waals surface area contributed by atoms with Crippen LogP contribution in [0.4, 0.5) is 0 Å². The van der Waals surface area contributed by atoms with Crippen LogP contribution in [0.15, 0.2) is 59.7 Å². The maximum Gasteiger partial charge on any atom is 0.343 e. The summed E-state index contributed by atoms with van der Waals surface area (Å²) in [5.41, 5.74) is 3.57. The number of hydrogen-bond acceptors (Lipinski definition) is 5. The molecule has 0 bridgehead atoms. The third-order valence-corrected chi connectivity index (χ3v) is 4.96. The van der Waals surface area contributed by atoms with E-state index in [2.05, 4.69) is 22.8 Å². The summed E-state index contributed by atoms with van der Waals surface area (Å²) in [6, 6.07) is 15.5. The highest BCUT2D eigenvalue weighted by Gasteiger charge is 2.07. The SMILES string of the molecule is CCCCCCCCCC(=O)NCC(=O)N/N=C/c1ccc(OC(=O)c2ccccc2)cc1. The van der Waals surface area contributed by atoms with Gasteiger partial charge >= 0.3 is 5.97 Å². The van der Waals surface area contributed by atoms with Gasteiger partial charge in [-0.2, -0.15) is 5.10 Å². The van der Waals surface area contributed by atoms with Gasteiger partial charge in [-0.15, -0.1) is 0 Å². The molecule has 2 N–H and O–H groups in total. The number of benzene rings is 2. The van der Waals surface area contributed by atoms with Crippen LogP contribution in [0.25, 0.3) is 0 Å². The Labute approximate surface area is 195 Å². The molecular weight excluding hydrogens is 418 g/mol. The Kier molecular flexibility index (Phi) is 12.0. The van der Waals surface area contributed by atoms with Crippen molar-refractivity contribution in [1.82, 2.24) is 10.7 Å². The van der Waals surface area contributed by atoms with Crippen LogP contribution < -0.4 is 15.5 Å². The number of carbonyl (C=O) groups excluding carboxylic acids is 3. The number of nitrogens with one attached hydrogen (secondary N) is 2. The second kappa shape index (κ2) is 15.3. The summed E-state index contributed by atoms with van der Waals surface area (Å²) in [6.45, 7) is 2.08. The van der Waals surface area contributed by atoms with Crippen molar-refractivity contribution in [3.8, 4) is 5.75 Å². The molecule has 0 unspecified atom stereocenters. The molecule has 0 aliphatic carbocycles. The molecule has 0 atom stereocenters. The van der Waals surface area contributed by atoms with Crippen molar-refractivity contribution in [1.29, 1.82) is 0 Å². The van der Waals surface area contributed by atoms with E-state index < -0.39 is 11.9 Å². The molecule has 2 aromatic rings. The van der Waals surface area contributed by atoms with E-state index in [0.29, 0.717) is 17.7 Å². The molecule has 2 rings (SSSR count). The van der Waals surface area contributed by atoms with Crippen LogP contribution in [0.3, 0.4) is 0 Å². The molecule has 7 heteroatoms. The van der Waals surface area contributed by atoms with Gasteiger partial charge in [0.25, 0.3) is 5.91 Å². The lowest BCUT2D eigenvalue weighted by Gasteiger charge is -2.05. The Morgan fingerprint density at radius 2 is 1.52 bits per heavy atom. The minimum Gasteiger partial charge on any atom is -0.423 e. The van der Waals surface area contributed by atoms with Gasteiger partial charge in [0.05, 0.1) is 18.3 Å². The minimum absolute atomic E-state index is 0.110. The molecule has 0 radical (unpaired) electrons. The van der Waals surface area contributed by atoms with Gasteiger partial charge in [-0.25, -0.2) is 10.2 Å². The van der Waals surface area contributed by atoms with Gasteiger partial charge in [0.15, 0.2) is 0 Å². The van der Waals surface area contributed by atoms with Crippen LogP contribution in [0.5, 0.6) is 5.75 Å². The number of ether oxygens (including phenoxy) is 1. The third kappa shape index (κ3) is 11.1. The third-order valence-electron chi connectivity index (χ3n) is 4.96. The maximum absolute atomic E-state index is 12.1. The van der Waals surface area contributed by atoms with Gasteiger partial charge in [0.1, 0.15) is 5.75 Å². The first-order valence-corrected chi connectivity index (χ1v) is 11.5. The summed E-state index contributed by atoms with van der Waals surface area (Å²) in [5.74, 6) is -0.539. The Morgan fingerprint density at radius 1 is 0.848 bits per heavy atom. The first-order chi connectivity index (χ1) is 16.1. The van der Waals surface area contributed by atoms with E-state index in [1.54, 1.807) is 48.5 Å². The van der Waals surface area contributed by atoms with E-state index in [4.69, 9.17) is 4.74 Å². The Hall–Kier alpha value is -3.48. The quantitative estimate of drug-likeness (QED) is 0.144. The minimum atomic E-state index is -0.432. The van der Waals surface area contributed by atoms with E-state index >= 15 is 0 Å². The average Bonchev–Trinajstić information content (AvgIpc) is 2.84. The average molecular weight is 452 g/mol. The summed E-state index contributed by atoms with van der Waals surface area (Å²) in [6.07, 6.45) is 9.92. The summed E-state index contributed by atoms with van der Waals surface area (Å²) >= 11 is 0. The first kappa shape index (κ1) is 25.8. The lowest BCUT2D eigenvalue weighted by Crippen LogP contribution is -2.34. The van der Waals surface area contributed by atoms with Crippen molar-refractivity contribution in [3.05, 3.63) is 65.7 Å². The van der Waals surface area contributed by atoms with Gasteiger partial charge < -0.3 is 10.1 Å². The largest absolute Gasteiger partial charge is 0.423 e. The molecule has 33 heavy (non-hydrogen) atoms. The molecule has 0 aliphatic rings. The van der Waals surface area contributed by atoms with Crippen LogP contribution in [0.2, 0.25) is 0 Å². The number of unbranched alkanes of at least 4 members (excludes halogenated alkanes) is 6. The summed E-state index contributed by atoms with van der Waals surface area (Å²) in [5, 5.41) is 6.49. The van der Waals surface area contributed by atoms with Gasteiger partial charge in [0.2, 0.25) is 5.91 Å². The number of amides is 2. The van der Waals surface area contributed by atoms with Crippen molar-refractivity contribution < 1.29 is 19.1 Å². The van der Waals surface area contributed by atoms with E-state index in [9.17, 15) is 14.4 Å². The summed E-state index contributed by atoms with van der Waals surface area (Å²) in [4.78, 5) is 35.7. The highest BCUT2D eigenvalue weighted by molar-refractivity contribution is 5.91. The molecule has 0 fully saturated rings. The van der Waals surface area contributed by atoms with Crippen LogP contribution in [-0.2, 0) is 9.59 Å².